The van der Waals surface area contributed by atoms with Crippen LogP contribution in [0, 0.1) is 6.92 Å². The lowest BCUT2D eigenvalue weighted by Gasteiger charge is -2.21. The highest BCUT2D eigenvalue weighted by atomic mass is 32.2. The molecule has 1 saturated heterocycles. The van der Waals surface area contributed by atoms with Gasteiger partial charge in [-0.15, -0.1) is 23.5 Å². The van der Waals surface area contributed by atoms with Crippen LogP contribution in [0.1, 0.15) is 57.4 Å². The molecule has 1 aliphatic heterocycles. The Morgan fingerprint density at radius 1 is 1.08 bits per heavy atom. The number of rotatable bonds is 5. The van der Waals surface area contributed by atoms with Crippen LogP contribution in [-0.4, -0.2) is 17.4 Å². The molecule has 1 heterocycles. The van der Waals surface area contributed by atoms with Crippen LogP contribution in [0.3, 0.4) is 0 Å². The van der Waals surface area contributed by atoms with E-state index in [0.717, 1.165) is 17.5 Å². The quantitative estimate of drug-likeness (QED) is 0.726. The van der Waals surface area contributed by atoms with Crippen LogP contribution in [0.25, 0.3) is 0 Å². The van der Waals surface area contributed by atoms with Crippen molar-refractivity contribution in [2.45, 2.75) is 37.3 Å². The third kappa shape index (κ3) is 4.83. The van der Waals surface area contributed by atoms with Gasteiger partial charge in [0.25, 0.3) is 5.91 Å². The van der Waals surface area contributed by atoms with Crippen LogP contribution in [0.4, 0.5) is 0 Å². The van der Waals surface area contributed by atoms with Crippen molar-refractivity contribution in [1.29, 1.82) is 0 Å². The summed E-state index contributed by atoms with van der Waals surface area (Å²) in [5, 5.41) is 3.17. The predicted molar refractivity (Wildman–Crippen MR) is 110 cm³/mol. The molecule has 0 aromatic heterocycles. The van der Waals surface area contributed by atoms with Crippen molar-refractivity contribution < 1.29 is 4.79 Å². The van der Waals surface area contributed by atoms with Gasteiger partial charge in [0.15, 0.2) is 0 Å². The standard InChI is InChI=1S/C21H25NOS2/c1-3-19(16-7-5-15(2)6-8-16)22-20(23)17-9-11-18(12-10-17)21-24-13-4-14-25-21/h5-12,19,21H,3-4,13-14H2,1-2H3,(H,22,23)/t19-/m0/s1. The molecule has 0 spiro atoms. The number of aryl methyl sites for hydroxylation is 1. The van der Waals surface area contributed by atoms with Crippen molar-refractivity contribution in [3.05, 3.63) is 70.8 Å². The van der Waals surface area contributed by atoms with Crippen molar-refractivity contribution in [2.24, 2.45) is 0 Å². The number of amides is 1. The van der Waals surface area contributed by atoms with Crippen molar-refractivity contribution in [1.82, 2.24) is 5.32 Å². The normalized spacial score (nSPS) is 16.4. The smallest absolute Gasteiger partial charge is 0.251 e. The topological polar surface area (TPSA) is 29.1 Å². The van der Waals surface area contributed by atoms with Crippen LogP contribution in [-0.2, 0) is 0 Å². The lowest BCUT2D eigenvalue weighted by molar-refractivity contribution is 0.0935. The second kappa shape index (κ2) is 8.81. The van der Waals surface area contributed by atoms with E-state index in [9.17, 15) is 4.79 Å². The minimum Gasteiger partial charge on any atom is -0.345 e. The molecule has 0 radical (unpaired) electrons. The second-order valence-corrected chi connectivity index (χ2v) is 9.12. The van der Waals surface area contributed by atoms with Crippen molar-refractivity contribution >= 4 is 29.4 Å². The van der Waals surface area contributed by atoms with Crippen LogP contribution in [0.15, 0.2) is 48.5 Å². The van der Waals surface area contributed by atoms with Gasteiger partial charge in [-0.1, -0.05) is 48.9 Å². The van der Waals surface area contributed by atoms with Gasteiger partial charge >= 0.3 is 0 Å². The van der Waals surface area contributed by atoms with E-state index in [4.69, 9.17) is 0 Å². The van der Waals surface area contributed by atoms with Crippen LogP contribution in [0.2, 0.25) is 0 Å². The molecule has 2 aromatic carbocycles. The molecule has 2 aromatic rings. The minimum atomic E-state index is 0.00271. The molecule has 1 N–H and O–H groups in total. The highest BCUT2D eigenvalue weighted by molar-refractivity contribution is 8.16. The molecule has 0 aliphatic carbocycles. The van der Waals surface area contributed by atoms with E-state index in [1.807, 2.05) is 35.7 Å². The Kier molecular flexibility index (Phi) is 6.49. The summed E-state index contributed by atoms with van der Waals surface area (Å²) >= 11 is 4.01. The Morgan fingerprint density at radius 3 is 2.32 bits per heavy atom. The first-order valence-electron chi connectivity index (χ1n) is 8.88. The lowest BCUT2D eigenvalue weighted by atomic mass is 10.0. The molecular formula is C21H25NOS2. The van der Waals surface area contributed by atoms with Crippen molar-refractivity contribution in [3.8, 4) is 0 Å². The molecule has 4 heteroatoms. The molecule has 1 atom stereocenters. The van der Waals surface area contributed by atoms with Gasteiger partial charge in [-0.25, -0.2) is 0 Å². The molecule has 1 fully saturated rings. The fourth-order valence-corrected chi connectivity index (χ4v) is 5.83. The van der Waals surface area contributed by atoms with Crippen molar-refractivity contribution in [3.63, 3.8) is 0 Å². The summed E-state index contributed by atoms with van der Waals surface area (Å²) in [7, 11) is 0. The molecule has 25 heavy (non-hydrogen) atoms. The average Bonchev–Trinajstić information content (AvgIpc) is 2.67. The fourth-order valence-electron chi connectivity index (χ4n) is 2.93. The number of nitrogens with one attached hydrogen (secondary N) is 1. The van der Waals surface area contributed by atoms with Gasteiger partial charge in [-0.3, -0.25) is 4.79 Å². The van der Waals surface area contributed by atoms with E-state index in [2.05, 4.69) is 55.6 Å². The summed E-state index contributed by atoms with van der Waals surface area (Å²) in [5.41, 5.74) is 4.45. The highest BCUT2D eigenvalue weighted by Gasteiger charge is 2.18. The van der Waals surface area contributed by atoms with Gasteiger partial charge in [0.05, 0.1) is 10.6 Å². The van der Waals surface area contributed by atoms with Gasteiger partial charge in [0, 0.05) is 5.56 Å². The molecule has 0 unspecified atom stereocenters. The molecule has 3 rings (SSSR count). The summed E-state index contributed by atoms with van der Waals surface area (Å²) < 4.78 is 0.516. The number of benzene rings is 2. The number of hydrogen-bond donors (Lipinski definition) is 1. The van der Waals surface area contributed by atoms with E-state index in [1.54, 1.807) is 0 Å². The third-order valence-electron chi connectivity index (χ3n) is 4.47. The van der Waals surface area contributed by atoms with E-state index in [0.29, 0.717) is 4.58 Å². The largest absolute Gasteiger partial charge is 0.345 e. The predicted octanol–water partition coefficient (Wildman–Crippen LogP) is 5.74. The number of carbonyl (C=O) groups excluding carboxylic acids is 1. The highest BCUT2D eigenvalue weighted by Crippen LogP contribution is 2.43. The molecule has 0 saturated carbocycles. The Labute approximate surface area is 159 Å². The SMILES string of the molecule is CC[C@H](NC(=O)c1ccc(C2SCCCS2)cc1)c1ccc(C)cc1. The summed E-state index contributed by atoms with van der Waals surface area (Å²) in [4.78, 5) is 12.6. The lowest BCUT2D eigenvalue weighted by Crippen LogP contribution is -2.28. The maximum absolute atomic E-state index is 12.6. The number of thioether (sulfide) groups is 2. The molecule has 1 aliphatic rings. The summed E-state index contributed by atoms with van der Waals surface area (Å²) in [6, 6.07) is 16.6. The first kappa shape index (κ1) is 18.4. The van der Waals surface area contributed by atoms with Crippen molar-refractivity contribution in [2.75, 3.05) is 11.5 Å². The van der Waals surface area contributed by atoms with E-state index >= 15 is 0 Å². The monoisotopic (exact) mass is 371 g/mol. The average molecular weight is 372 g/mol. The van der Waals surface area contributed by atoms with Crippen LogP contribution < -0.4 is 5.32 Å². The first-order chi connectivity index (χ1) is 12.2. The number of hydrogen-bond acceptors (Lipinski definition) is 3. The van der Waals surface area contributed by atoms with Gasteiger partial charge in [-0.05, 0) is 54.5 Å². The maximum atomic E-state index is 12.6. The van der Waals surface area contributed by atoms with Gasteiger partial charge in [-0.2, -0.15) is 0 Å². The van der Waals surface area contributed by atoms with Crippen LogP contribution >= 0.6 is 23.5 Å². The maximum Gasteiger partial charge on any atom is 0.251 e. The molecular weight excluding hydrogens is 346 g/mol. The zero-order valence-corrected chi connectivity index (χ0v) is 16.5. The summed E-state index contributed by atoms with van der Waals surface area (Å²) in [5.74, 6) is 2.46. The van der Waals surface area contributed by atoms with Crippen LogP contribution in [0.5, 0.6) is 0 Å². The molecule has 0 bridgehead atoms. The zero-order chi connectivity index (χ0) is 17.6. The van der Waals surface area contributed by atoms with E-state index in [1.165, 1.54) is 29.1 Å². The van der Waals surface area contributed by atoms with Gasteiger partial charge in [0.2, 0.25) is 0 Å². The summed E-state index contributed by atoms with van der Waals surface area (Å²) in [6.45, 7) is 4.18. The minimum absolute atomic E-state index is 0.00271. The Bertz CT molecular complexity index is 691. The second-order valence-electron chi connectivity index (χ2n) is 6.39. The van der Waals surface area contributed by atoms with Gasteiger partial charge < -0.3 is 5.32 Å². The molecule has 1 amide bonds. The molecule has 132 valence electrons. The Morgan fingerprint density at radius 2 is 1.72 bits per heavy atom. The first-order valence-corrected chi connectivity index (χ1v) is 11.0. The van der Waals surface area contributed by atoms with E-state index < -0.39 is 0 Å². The number of carbonyl (C=O) groups is 1. The fraction of sp³-hybridized carbons (Fsp3) is 0.381. The third-order valence-corrected chi connectivity index (χ3v) is 7.48. The molecule has 2 nitrogen and oxygen atoms in total. The Hall–Kier alpha value is -1.39. The zero-order valence-electron chi connectivity index (χ0n) is 14.8. The summed E-state index contributed by atoms with van der Waals surface area (Å²) in [6.07, 6.45) is 2.17. The van der Waals surface area contributed by atoms with E-state index in [-0.39, 0.29) is 11.9 Å². The van der Waals surface area contributed by atoms with Gasteiger partial charge in [0.1, 0.15) is 0 Å². The Balaban J connectivity index is 1.66.